The molecule has 6 heteroatoms. The summed E-state index contributed by atoms with van der Waals surface area (Å²) >= 11 is 5.34. The molecule has 54 valence electrons. The third-order valence-corrected chi connectivity index (χ3v) is 1.18. The van der Waals surface area contributed by atoms with Gasteiger partial charge in [0.2, 0.25) is 0 Å². The molecule has 1 heterocycles. The molecular weight excluding hydrogens is 154 g/mol. The predicted molar refractivity (Wildman–Crippen MR) is 39.1 cm³/mol. The molecule has 1 rings (SSSR count). The van der Waals surface area contributed by atoms with Gasteiger partial charge in [-0.25, -0.2) is 10.8 Å². The van der Waals surface area contributed by atoms with Crippen molar-refractivity contribution >= 4 is 22.6 Å². The maximum absolute atomic E-state index is 6.99. The first-order chi connectivity index (χ1) is 4.75. The number of H-pyrrole nitrogens is 1. The van der Waals surface area contributed by atoms with Gasteiger partial charge in [0, 0.05) is 0 Å². The van der Waals surface area contributed by atoms with Gasteiger partial charge < -0.3 is 10.4 Å². The molecule has 0 aliphatic rings. The van der Waals surface area contributed by atoms with Crippen molar-refractivity contribution in [2.45, 2.75) is 0 Å². The van der Waals surface area contributed by atoms with E-state index in [9.17, 15) is 0 Å². The Morgan fingerprint density at radius 3 is 3.00 bits per heavy atom. The maximum atomic E-state index is 6.99. The summed E-state index contributed by atoms with van der Waals surface area (Å²) in [5, 5.41) is 6.87. The first kappa shape index (κ1) is 7.04. The van der Waals surface area contributed by atoms with Crippen molar-refractivity contribution in [1.29, 1.82) is 5.41 Å². The van der Waals surface area contributed by atoms with Crippen LogP contribution in [0, 0.1) is 5.41 Å². The lowest BCUT2D eigenvalue weighted by Crippen LogP contribution is -2.10. The van der Waals surface area contributed by atoms with E-state index in [1.807, 2.05) is 0 Å². The van der Waals surface area contributed by atoms with Gasteiger partial charge in [0.1, 0.15) is 10.9 Å². The number of hydrogen-bond donors (Lipinski definition) is 4. The fraction of sp³-hybridized carbons (Fsp3) is 0. The highest BCUT2D eigenvalue weighted by Gasteiger charge is 2.05. The van der Waals surface area contributed by atoms with Gasteiger partial charge in [0.25, 0.3) is 0 Å². The highest BCUT2D eigenvalue weighted by Crippen LogP contribution is 2.09. The Morgan fingerprint density at radius 2 is 2.60 bits per heavy atom. The van der Waals surface area contributed by atoms with Gasteiger partial charge in [-0.1, -0.05) is 11.6 Å². The molecule has 0 fully saturated rings. The van der Waals surface area contributed by atoms with Gasteiger partial charge in [-0.2, -0.15) is 0 Å². The number of nitrogens with one attached hydrogen (secondary N) is 3. The number of nitrogens with two attached hydrogens (primary N) is 1. The summed E-state index contributed by atoms with van der Waals surface area (Å²) in [6.07, 6.45) is 1.40. The van der Waals surface area contributed by atoms with Gasteiger partial charge in [-0.3, -0.25) is 5.41 Å². The summed E-state index contributed by atoms with van der Waals surface area (Å²) in [5.41, 5.74) is 2.68. The lowest BCUT2D eigenvalue weighted by molar-refractivity contribution is 1.26. The molecule has 0 unspecified atom stereocenters. The Kier molecular flexibility index (Phi) is 1.88. The molecule has 0 aliphatic heterocycles. The molecule has 5 N–H and O–H groups in total. The Hall–Kier alpha value is -1.07. The summed E-state index contributed by atoms with van der Waals surface area (Å²) in [6, 6.07) is 0. The van der Waals surface area contributed by atoms with Gasteiger partial charge in [0.15, 0.2) is 5.82 Å². The summed E-state index contributed by atoms with van der Waals surface area (Å²) < 4.78 is 0. The lowest BCUT2D eigenvalue weighted by Gasteiger charge is -1.94. The largest absolute Gasteiger partial charge is 0.341 e. The molecular formula is C4H6ClN5. The van der Waals surface area contributed by atoms with E-state index in [1.54, 1.807) is 0 Å². The molecule has 0 aliphatic carbocycles. The third kappa shape index (κ3) is 1.09. The number of nitrogen functional groups attached to an aromatic ring is 1. The number of aromatic nitrogens is 2. The van der Waals surface area contributed by atoms with Crippen LogP contribution in [0.2, 0.25) is 0 Å². The van der Waals surface area contributed by atoms with Crippen LogP contribution in [0.25, 0.3) is 0 Å². The molecule has 0 amide bonds. The smallest absolute Gasteiger partial charge is 0.168 e. The number of hydrogen-bond acceptors (Lipinski definition) is 4. The van der Waals surface area contributed by atoms with Gasteiger partial charge in [-0.05, 0) is 0 Å². The first-order valence-electron chi connectivity index (χ1n) is 2.50. The Balaban J connectivity index is 3.01. The van der Waals surface area contributed by atoms with Crippen molar-refractivity contribution in [3.05, 3.63) is 12.0 Å². The Morgan fingerprint density at radius 1 is 1.90 bits per heavy atom. The number of imidazole rings is 1. The molecule has 0 saturated carbocycles. The summed E-state index contributed by atoms with van der Waals surface area (Å²) in [4.78, 5) is 6.38. The lowest BCUT2D eigenvalue weighted by atomic mass is 10.5. The number of nitrogens with zero attached hydrogens (tertiary/aromatic N) is 1. The van der Waals surface area contributed by atoms with Crippen LogP contribution in [0.3, 0.4) is 0 Å². The Labute approximate surface area is 62.1 Å². The summed E-state index contributed by atoms with van der Waals surface area (Å²) in [5.74, 6) is 5.42. The summed E-state index contributed by atoms with van der Waals surface area (Å²) in [7, 11) is 0. The van der Waals surface area contributed by atoms with Crippen molar-refractivity contribution in [3.63, 3.8) is 0 Å². The van der Waals surface area contributed by atoms with Gasteiger partial charge in [-0.15, -0.1) is 0 Å². The molecule has 1 aromatic heterocycles. The van der Waals surface area contributed by atoms with Crippen LogP contribution in [0.5, 0.6) is 0 Å². The minimum atomic E-state index is -0.120. The number of anilines is 1. The van der Waals surface area contributed by atoms with Crippen molar-refractivity contribution in [3.8, 4) is 0 Å². The quantitative estimate of drug-likeness (QED) is 0.283. The molecule has 0 saturated heterocycles. The Bertz CT molecular complexity index is 242. The van der Waals surface area contributed by atoms with Gasteiger partial charge in [0.05, 0.1) is 6.33 Å². The fourth-order valence-electron chi connectivity index (χ4n) is 0.571. The molecule has 0 radical (unpaired) electrons. The number of rotatable bonds is 2. The van der Waals surface area contributed by atoms with E-state index in [2.05, 4.69) is 15.4 Å². The SMILES string of the molecule is N=C(Cl)c1[nH]cnc1NN. The van der Waals surface area contributed by atoms with E-state index < -0.39 is 0 Å². The topological polar surface area (TPSA) is 90.6 Å². The first-order valence-corrected chi connectivity index (χ1v) is 2.88. The zero-order valence-electron chi connectivity index (χ0n) is 4.98. The van der Waals surface area contributed by atoms with Gasteiger partial charge >= 0.3 is 0 Å². The van der Waals surface area contributed by atoms with Crippen LogP contribution >= 0.6 is 11.6 Å². The van der Waals surface area contributed by atoms with Crippen LogP contribution in [-0.4, -0.2) is 15.1 Å². The molecule has 0 spiro atoms. The maximum Gasteiger partial charge on any atom is 0.168 e. The average Bonchev–Trinajstić information content (AvgIpc) is 2.33. The predicted octanol–water partition coefficient (Wildman–Crippen LogP) is 0.259. The number of aromatic amines is 1. The zero-order chi connectivity index (χ0) is 7.56. The minimum Gasteiger partial charge on any atom is -0.341 e. The van der Waals surface area contributed by atoms with E-state index in [0.717, 1.165) is 0 Å². The van der Waals surface area contributed by atoms with E-state index >= 15 is 0 Å². The second-order valence-corrected chi connectivity index (χ2v) is 1.96. The van der Waals surface area contributed by atoms with Crippen LogP contribution in [0.4, 0.5) is 5.82 Å². The molecule has 1 aromatic rings. The van der Waals surface area contributed by atoms with Crippen LogP contribution in [-0.2, 0) is 0 Å². The van der Waals surface area contributed by atoms with E-state index in [1.165, 1.54) is 6.33 Å². The molecule has 0 atom stereocenters. The van der Waals surface area contributed by atoms with Crippen molar-refractivity contribution in [1.82, 2.24) is 9.97 Å². The normalized spacial score (nSPS) is 9.40. The molecule has 10 heavy (non-hydrogen) atoms. The van der Waals surface area contributed by atoms with E-state index in [4.69, 9.17) is 22.9 Å². The minimum absolute atomic E-state index is 0.120. The van der Waals surface area contributed by atoms with E-state index in [-0.39, 0.29) is 5.17 Å². The standard InChI is InChI=1S/C4H6ClN5/c5-3(6)2-4(10-7)9-1-8-2/h1,6,10H,7H2,(H,8,9). The van der Waals surface area contributed by atoms with Crippen molar-refractivity contribution < 1.29 is 0 Å². The average molecular weight is 160 g/mol. The third-order valence-electron chi connectivity index (χ3n) is 0.996. The molecule has 5 nitrogen and oxygen atoms in total. The van der Waals surface area contributed by atoms with E-state index in [0.29, 0.717) is 11.5 Å². The van der Waals surface area contributed by atoms with Crippen LogP contribution in [0.1, 0.15) is 5.69 Å². The highest BCUT2D eigenvalue weighted by atomic mass is 35.5. The molecule has 0 aromatic carbocycles. The monoisotopic (exact) mass is 159 g/mol. The number of hydrazine groups is 1. The van der Waals surface area contributed by atoms with Crippen LogP contribution < -0.4 is 11.3 Å². The van der Waals surface area contributed by atoms with Crippen molar-refractivity contribution in [2.24, 2.45) is 5.84 Å². The van der Waals surface area contributed by atoms with Crippen LogP contribution in [0.15, 0.2) is 6.33 Å². The second-order valence-electron chi connectivity index (χ2n) is 1.58. The second kappa shape index (κ2) is 2.68. The summed E-state index contributed by atoms with van der Waals surface area (Å²) in [6.45, 7) is 0. The highest BCUT2D eigenvalue weighted by molar-refractivity contribution is 6.68. The van der Waals surface area contributed by atoms with Crippen molar-refractivity contribution in [2.75, 3.05) is 5.43 Å². The fourth-order valence-corrected chi connectivity index (χ4v) is 0.715. The zero-order valence-corrected chi connectivity index (χ0v) is 5.74. The molecule has 0 bridgehead atoms. The number of halogens is 1.